The molecule has 98 valence electrons. The molecule has 1 heterocycles. The van der Waals surface area contributed by atoms with E-state index in [0.717, 1.165) is 31.4 Å². The van der Waals surface area contributed by atoms with Gasteiger partial charge in [0, 0.05) is 12.6 Å². The second-order valence-electron chi connectivity index (χ2n) is 5.09. The summed E-state index contributed by atoms with van der Waals surface area (Å²) in [6.45, 7) is 0.573. The third-order valence-electron chi connectivity index (χ3n) is 3.92. The Morgan fingerprint density at radius 2 is 2.11 bits per heavy atom. The minimum Gasteiger partial charge on any atom is -0.398 e. The van der Waals surface area contributed by atoms with Crippen molar-refractivity contribution in [3.05, 3.63) is 24.0 Å². The third-order valence-corrected chi connectivity index (χ3v) is 5.91. The number of hydrogen-bond donors (Lipinski definition) is 1. The SMILES string of the molecule is Nc1cc(F)ccc1S(=O)(=O)N1CC2CCC1C2. The fourth-order valence-corrected chi connectivity index (χ4v) is 4.89. The van der Waals surface area contributed by atoms with Crippen molar-refractivity contribution in [1.82, 2.24) is 4.31 Å². The van der Waals surface area contributed by atoms with Gasteiger partial charge in [0.05, 0.1) is 5.69 Å². The summed E-state index contributed by atoms with van der Waals surface area (Å²) < 4.78 is 39.5. The maximum atomic E-state index is 13.0. The zero-order chi connectivity index (χ0) is 12.9. The van der Waals surface area contributed by atoms with Gasteiger partial charge in [0.15, 0.2) is 0 Å². The molecule has 0 radical (unpaired) electrons. The molecule has 2 N–H and O–H groups in total. The highest BCUT2D eigenvalue weighted by Crippen LogP contribution is 2.41. The van der Waals surface area contributed by atoms with Crippen LogP contribution in [0.15, 0.2) is 23.1 Å². The minimum absolute atomic E-state index is 0.0160. The molecule has 2 fully saturated rings. The molecule has 2 unspecified atom stereocenters. The number of benzene rings is 1. The molecule has 0 spiro atoms. The molecular formula is C12H15FN2O2S. The van der Waals surface area contributed by atoms with Gasteiger partial charge in [-0.05, 0) is 43.4 Å². The molecule has 3 rings (SSSR count). The fourth-order valence-electron chi connectivity index (χ4n) is 3.05. The topological polar surface area (TPSA) is 63.4 Å². The number of fused-ring (bicyclic) bond motifs is 2. The highest BCUT2D eigenvalue weighted by Gasteiger charge is 2.44. The Kier molecular flexibility index (Phi) is 2.60. The van der Waals surface area contributed by atoms with Crippen LogP contribution in [0.4, 0.5) is 10.1 Å². The van der Waals surface area contributed by atoms with E-state index in [9.17, 15) is 12.8 Å². The lowest BCUT2D eigenvalue weighted by molar-refractivity contribution is 0.333. The molecule has 2 aliphatic rings. The van der Waals surface area contributed by atoms with E-state index in [2.05, 4.69) is 0 Å². The molecule has 6 heteroatoms. The number of rotatable bonds is 2. The molecule has 1 aliphatic carbocycles. The van der Waals surface area contributed by atoms with Crippen LogP contribution in [0.3, 0.4) is 0 Å². The van der Waals surface area contributed by atoms with Crippen LogP contribution in [0, 0.1) is 11.7 Å². The molecule has 2 atom stereocenters. The summed E-state index contributed by atoms with van der Waals surface area (Å²) in [4.78, 5) is 0.0245. The maximum Gasteiger partial charge on any atom is 0.245 e. The molecule has 0 amide bonds. The monoisotopic (exact) mass is 270 g/mol. The van der Waals surface area contributed by atoms with Gasteiger partial charge < -0.3 is 5.73 Å². The molecule has 1 aromatic rings. The van der Waals surface area contributed by atoms with Crippen molar-refractivity contribution in [3.8, 4) is 0 Å². The lowest BCUT2D eigenvalue weighted by Gasteiger charge is -2.26. The molecule has 4 nitrogen and oxygen atoms in total. The summed E-state index contributed by atoms with van der Waals surface area (Å²) in [5.41, 5.74) is 5.61. The lowest BCUT2D eigenvalue weighted by atomic mass is 10.1. The van der Waals surface area contributed by atoms with Crippen molar-refractivity contribution in [2.24, 2.45) is 5.92 Å². The standard InChI is InChI=1S/C12H15FN2O2S/c13-9-2-4-12(11(14)6-9)18(16,17)15-7-8-1-3-10(15)5-8/h2,4,6,8,10H,1,3,5,7,14H2. The van der Waals surface area contributed by atoms with Gasteiger partial charge >= 0.3 is 0 Å². The number of anilines is 1. The molecular weight excluding hydrogens is 255 g/mol. The largest absolute Gasteiger partial charge is 0.398 e. The molecule has 0 aromatic heterocycles. The number of halogens is 1. The normalized spacial score (nSPS) is 27.8. The van der Waals surface area contributed by atoms with Crippen LogP contribution in [0.5, 0.6) is 0 Å². The van der Waals surface area contributed by atoms with Gasteiger partial charge in [-0.2, -0.15) is 4.31 Å². The number of piperidine rings is 1. The van der Waals surface area contributed by atoms with E-state index < -0.39 is 15.8 Å². The van der Waals surface area contributed by atoms with E-state index in [4.69, 9.17) is 5.73 Å². The van der Waals surface area contributed by atoms with Gasteiger partial charge in [0.25, 0.3) is 0 Å². The van der Waals surface area contributed by atoms with Crippen LogP contribution >= 0.6 is 0 Å². The summed E-state index contributed by atoms with van der Waals surface area (Å²) in [5, 5.41) is 0. The average molecular weight is 270 g/mol. The Labute approximate surface area is 106 Å². The van der Waals surface area contributed by atoms with Crippen molar-refractivity contribution >= 4 is 15.7 Å². The average Bonchev–Trinajstić information content (AvgIpc) is 2.90. The highest BCUT2D eigenvalue weighted by atomic mass is 32.2. The van der Waals surface area contributed by atoms with Gasteiger partial charge in [-0.3, -0.25) is 0 Å². The van der Waals surface area contributed by atoms with Crippen molar-refractivity contribution < 1.29 is 12.8 Å². The van der Waals surface area contributed by atoms with Crippen LogP contribution in [-0.4, -0.2) is 25.3 Å². The molecule has 2 bridgehead atoms. The highest BCUT2D eigenvalue weighted by molar-refractivity contribution is 7.89. The number of nitrogens with two attached hydrogens (primary N) is 1. The first-order chi connectivity index (χ1) is 8.48. The van der Waals surface area contributed by atoms with Gasteiger partial charge in [0.1, 0.15) is 10.7 Å². The zero-order valence-electron chi connectivity index (χ0n) is 9.84. The molecule has 1 aliphatic heterocycles. The second-order valence-corrected chi connectivity index (χ2v) is 6.95. The van der Waals surface area contributed by atoms with Gasteiger partial charge in [-0.25, -0.2) is 12.8 Å². The van der Waals surface area contributed by atoms with Gasteiger partial charge in [-0.15, -0.1) is 0 Å². The number of nitrogen functional groups attached to an aromatic ring is 1. The Hall–Kier alpha value is -1.14. The zero-order valence-corrected chi connectivity index (χ0v) is 10.7. The maximum absolute atomic E-state index is 13.0. The van der Waals surface area contributed by atoms with Crippen molar-refractivity contribution in [2.75, 3.05) is 12.3 Å². The lowest BCUT2D eigenvalue weighted by Crippen LogP contribution is -2.37. The first kappa shape index (κ1) is 11.9. The van der Waals surface area contributed by atoms with E-state index >= 15 is 0 Å². The van der Waals surface area contributed by atoms with Gasteiger partial charge in [0.2, 0.25) is 10.0 Å². The number of sulfonamides is 1. The molecule has 1 saturated carbocycles. The number of hydrogen-bond acceptors (Lipinski definition) is 3. The van der Waals surface area contributed by atoms with E-state index in [1.807, 2.05) is 0 Å². The smallest absolute Gasteiger partial charge is 0.245 e. The predicted molar refractivity (Wildman–Crippen MR) is 65.8 cm³/mol. The fraction of sp³-hybridized carbons (Fsp3) is 0.500. The van der Waals surface area contributed by atoms with E-state index in [-0.39, 0.29) is 16.6 Å². The van der Waals surface area contributed by atoms with Crippen LogP contribution in [0.2, 0.25) is 0 Å². The van der Waals surface area contributed by atoms with E-state index in [1.54, 1.807) is 0 Å². The van der Waals surface area contributed by atoms with Crippen molar-refractivity contribution in [1.29, 1.82) is 0 Å². The Bertz CT molecular complexity index is 588. The second kappa shape index (κ2) is 3.93. The summed E-state index contributed by atoms with van der Waals surface area (Å²) in [6.07, 6.45) is 2.97. The molecule has 1 aromatic carbocycles. The van der Waals surface area contributed by atoms with Gasteiger partial charge in [-0.1, -0.05) is 0 Å². The van der Waals surface area contributed by atoms with Crippen molar-refractivity contribution in [2.45, 2.75) is 30.2 Å². The van der Waals surface area contributed by atoms with E-state index in [1.165, 1.54) is 10.4 Å². The van der Waals surface area contributed by atoms with Crippen LogP contribution < -0.4 is 5.73 Å². The quantitative estimate of drug-likeness (QED) is 0.830. The summed E-state index contributed by atoms with van der Waals surface area (Å²) in [7, 11) is -3.58. The Morgan fingerprint density at radius 1 is 1.33 bits per heavy atom. The van der Waals surface area contributed by atoms with E-state index in [0.29, 0.717) is 12.5 Å². The van der Waals surface area contributed by atoms with Crippen LogP contribution in [0.25, 0.3) is 0 Å². The van der Waals surface area contributed by atoms with Crippen LogP contribution in [0.1, 0.15) is 19.3 Å². The Morgan fingerprint density at radius 3 is 2.67 bits per heavy atom. The molecule has 1 saturated heterocycles. The minimum atomic E-state index is -3.58. The molecule has 18 heavy (non-hydrogen) atoms. The Balaban J connectivity index is 2.00. The first-order valence-corrected chi connectivity index (χ1v) is 7.49. The third kappa shape index (κ3) is 1.71. The van der Waals surface area contributed by atoms with Crippen LogP contribution in [-0.2, 0) is 10.0 Å². The summed E-state index contributed by atoms with van der Waals surface area (Å²) >= 11 is 0. The predicted octanol–water partition coefficient (Wildman–Crippen LogP) is 1.58. The number of nitrogens with zero attached hydrogens (tertiary/aromatic N) is 1. The summed E-state index contributed by atoms with van der Waals surface area (Å²) in [6, 6.07) is 3.55. The first-order valence-electron chi connectivity index (χ1n) is 6.05. The summed E-state index contributed by atoms with van der Waals surface area (Å²) in [5.74, 6) is -0.0409. The van der Waals surface area contributed by atoms with Crippen molar-refractivity contribution in [3.63, 3.8) is 0 Å².